The zero-order valence-electron chi connectivity index (χ0n) is 28.7. The summed E-state index contributed by atoms with van der Waals surface area (Å²) in [5, 5.41) is 13.4. The molecule has 3 aromatic rings. The molecule has 12 heteroatoms. The topological polar surface area (TPSA) is 134 Å². The quantitative estimate of drug-likeness (QED) is 0.356. The molecule has 3 fully saturated rings. The molecule has 12 nitrogen and oxygen atoms in total. The Morgan fingerprint density at radius 3 is 2.43 bits per heavy atom. The fraction of sp³-hybridized carbons (Fsp3) is 0.568. The number of ether oxygens (including phenoxy) is 1. The average Bonchev–Trinajstić information content (AvgIpc) is 3.51. The van der Waals surface area contributed by atoms with Crippen LogP contribution in [0.15, 0.2) is 42.7 Å². The average molecular weight is 672 g/mol. The number of urea groups is 1. The highest BCUT2D eigenvalue weighted by molar-refractivity contribution is 5.91. The fourth-order valence-electron chi connectivity index (χ4n) is 8.13. The number of nitrogens with one attached hydrogen (secondary N) is 2. The Morgan fingerprint density at radius 2 is 1.67 bits per heavy atom. The molecule has 5 heterocycles. The number of carbonyl (C=O) groups excluding carboxylic acids is 3. The normalized spacial score (nSPS) is 21.6. The molecule has 1 atom stereocenters. The summed E-state index contributed by atoms with van der Waals surface area (Å²) in [6.07, 6.45) is 5.79. The first kappa shape index (κ1) is 33.3. The molecule has 3 saturated heterocycles. The van der Waals surface area contributed by atoms with Crippen LogP contribution in [0.4, 0.5) is 15.3 Å². The van der Waals surface area contributed by atoms with Gasteiger partial charge in [0.15, 0.2) is 6.10 Å². The van der Waals surface area contributed by atoms with Gasteiger partial charge < -0.3 is 39.7 Å². The third-order valence-electron chi connectivity index (χ3n) is 11.2. The van der Waals surface area contributed by atoms with Gasteiger partial charge in [-0.05, 0) is 87.6 Å². The lowest BCUT2D eigenvalue weighted by Gasteiger charge is -2.43. The number of hydrogen-bond acceptors (Lipinski definition) is 7. The highest BCUT2D eigenvalue weighted by Crippen LogP contribution is 2.28. The summed E-state index contributed by atoms with van der Waals surface area (Å²) in [7, 11) is 0. The van der Waals surface area contributed by atoms with E-state index in [-0.39, 0.29) is 24.4 Å². The second-order valence-electron chi connectivity index (χ2n) is 14.6. The maximum Gasteiger partial charge on any atom is 0.410 e. The molecular weight excluding hydrogens is 622 g/mol. The first-order valence-corrected chi connectivity index (χ1v) is 17.9. The summed E-state index contributed by atoms with van der Waals surface area (Å²) >= 11 is 0. The predicted molar refractivity (Wildman–Crippen MR) is 186 cm³/mol. The largest absolute Gasteiger partial charge is 0.436 e. The smallest absolute Gasteiger partial charge is 0.410 e. The van der Waals surface area contributed by atoms with Crippen molar-refractivity contribution in [2.75, 3.05) is 51.1 Å². The van der Waals surface area contributed by atoms with E-state index >= 15 is 0 Å². The molecule has 0 saturated carbocycles. The molecule has 0 bridgehead atoms. The summed E-state index contributed by atoms with van der Waals surface area (Å²) in [5.74, 6) is -0.163. The van der Waals surface area contributed by atoms with Gasteiger partial charge in [-0.15, -0.1) is 0 Å². The van der Waals surface area contributed by atoms with Crippen molar-refractivity contribution >= 4 is 34.8 Å². The van der Waals surface area contributed by atoms with Crippen LogP contribution in [0.5, 0.6) is 0 Å². The minimum atomic E-state index is -0.961. The van der Waals surface area contributed by atoms with Crippen molar-refractivity contribution in [2.45, 2.75) is 89.0 Å². The lowest BCUT2D eigenvalue weighted by molar-refractivity contribution is -0.142. The van der Waals surface area contributed by atoms with Gasteiger partial charge in [-0.2, -0.15) is 0 Å². The van der Waals surface area contributed by atoms with Crippen molar-refractivity contribution in [1.82, 2.24) is 29.6 Å². The Balaban J connectivity index is 0.993. The lowest BCUT2D eigenvalue weighted by Crippen LogP contribution is -2.54. The van der Waals surface area contributed by atoms with E-state index in [1.54, 1.807) is 11.2 Å². The highest BCUT2D eigenvalue weighted by atomic mass is 16.6. The Kier molecular flexibility index (Phi) is 9.52. The minimum Gasteiger partial charge on any atom is -0.436 e. The number of para-hydroxylation sites is 1. The van der Waals surface area contributed by atoms with Crippen LogP contribution in [0.25, 0.3) is 11.0 Å². The van der Waals surface area contributed by atoms with Crippen molar-refractivity contribution in [3.05, 3.63) is 59.4 Å². The Morgan fingerprint density at radius 1 is 0.980 bits per heavy atom. The number of nitrogens with zero attached hydrogens (tertiary/aromatic N) is 5. The fourth-order valence-corrected chi connectivity index (χ4v) is 8.13. The van der Waals surface area contributed by atoms with E-state index in [1.165, 1.54) is 0 Å². The number of aliphatic hydroxyl groups is 1. The van der Waals surface area contributed by atoms with Gasteiger partial charge in [0.2, 0.25) is 0 Å². The van der Waals surface area contributed by atoms with Gasteiger partial charge in [-0.25, -0.2) is 14.6 Å². The molecule has 0 unspecified atom stereocenters. The summed E-state index contributed by atoms with van der Waals surface area (Å²) in [5.41, 5.74) is 5.08. The number of aromatic nitrogens is 2. The van der Waals surface area contributed by atoms with Crippen molar-refractivity contribution in [2.24, 2.45) is 0 Å². The van der Waals surface area contributed by atoms with Crippen molar-refractivity contribution in [3.8, 4) is 0 Å². The Hall–Kier alpha value is -4.16. The number of carbonyl (C=O) groups is 3. The maximum atomic E-state index is 14.1. The molecule has 7 rings (SSSR count). The van der Waals surface area contributed by atoms with Gasteiger partial charge in [0.25, 0.3) is 5.91 Å². The number of aromatic amines is 1. The molecule has 0 radical (unpaired) electrons. The van der Waals surface area contributed by atoms with Crippen LogP contribution in [-0.2, 0) is 22.4 Å². The minimum absolute atomic E-state index is 0.0201. The molecule has 4 aliphatic heterocycles. The number of likely N-dealkylation sites (tertiary alicyclic amines) is 3. The van der Waals surface area contributed by atoms with Crippen molar-refractivity contribution < 1.29 is 24.2 Å². The van der Waals surface area contributed by atoms with Crippen LogP contribution in [0, 0.1) is 6.92 Å². The SMILES string of the molecule is Cc1cc(C[C@@H](OC(=O)N2CCC(N3CCc4ccccc4NC3=O)CC2)C(=O)N2CCC(N3CCC(C)(O)CC3)CC2)cc2nc[nH]c12. The van der Waals surface area contributed by atoms with Crippen molar-refractivity contribution in [3.63, 3.8) is 0 Å². The van der Waals surface area contributed by atoms with Crippen LogP contribution in [0.3, 0.4) is 0 Å². The van der Waals surface area contributed by atoms with Gasteiger partial charge in [0.1, 0.15) is 0 Å². The molecule has 49 heavy (non-hydrogen) atoms. The molecule has 4 aliphatic rings. The van der Waals surface area contributed by atoms with E-state index in [1.807, 2.05) is 60.0 Å². The second kappa shape index (κ2) is 14.0. The van der Waals surface area contributed by atoms with Crippen LogP contribution in [0.1, 0.15) is 62.1 Å². The Labute approximate surface area is 287 Å². The summed E-state index contributed by atoms with van der Waals surface area (Å²) in [6, 6.07) is 12.2. The Bertz CT molecular complexity index is 1660. The van der Waals surface area contributed by atoms with Crippen LogP contribution < -0.4 is 5.32 Å². The summed E-state index contributed by atoms with van der Waals surface area (Å²) in [6.45, 7) is 8.40. The van der Waals surface area contributed by atoms with Gasteiger partial charge in [-0.3, -0.25) is 4.79 Å². The highest BCUT2D eigenvalue weighted by Gasteiger charge is 2.37. The number of imidazole rings is 1. The number of anilines is 1. The number of H-pyrrole nitrogens is 1. The summed E-state index contributed by atoms with van der Waals surface area (Å²) < 4.78 is 6.11. The van der Waals surface area contributed by atoms with Gasteiger partial charge >= 0.3 is 12.1 Å². The number of amides is 4. The number of aryl methyl sites for hydroxylation is 1. The van der Waals surface area contributed by atoms with Crippen LogP contribution in [0.2, 0.25) is 0 Å². The van der Waals surface area contributed by atoms with E-state index in [9.17, 15) is 19.5 Å². The molecule has 2 aromatic carbocycles. The van der Waals surface area contributed by atoms with Gasteiger partial charge in [-0.1, -0.05) is 24.3 Å². The van der Waals surface area contributed by atoms with Gasteiger partial charge in [0.05, 0.1) is 23.0 Å². The molecular formula is C37H49N7O5. The number of benzene rings is 2. The van der Waals surface area contributed by atoms with E-state index in [0.29, 0.717) is 51.6 Å². The monoisotopic (exact) mass is 671 g/mol. The van der Waals surface area contributed by atoms with E-state index in [2.05, 4.69) is 20.2 Å². The predicted octanol–water partition coefficient (Wildman–Crippen LogP) is 4.31. The zero-order chi connectivity index (χ0) is 34.1. The molecule has 262 valence electrons. The second-order valence-corrected chi connectivity index (χ2v) is 14.6. The lowest BCUT2D eigenvalue weighted by atomic mass is 9.91. The number of rotatable bonds is 6. The third kappa shape index (κ3) is 7.40. The van der Waals surface area contributed by atoms with E-state index < -0.39 is 17.8 Å². The number of piperidine rings is 3. The molecule has 3 N–H and O–H groups in total. The zero-order valence-corrected chi connectivity index (χ0v) is 28.7. The first-order chi connectivity index (χ1) is 23.6. The van der Waals surface area contributed by atoms with Crippen molar-refractivity contribution in [1.29, 1.82) is 0 Å². The standard InChI is InChI=1S/C37H49N7O5/c1-25-21-26(22-31-33(25)39-24-38-31)23-32(34(45)42-14-8-28(9-15-42)41-19-12-37(2,48)13-20-41)49-36(47)43-16-10-29(11-17-43)44-18-7-27-5-3-4-6-30(27)40-35(44)46/h3-6,21-22,24,28-29,32,48H,7-20,23H2,1-2H3,(H,38,39)(H,40,46)/t32-/m1/s1. The van der Waals surface area contributed by atoms with E-state index in [0.717, 1.165) is 78.6 Å². The molecule has 1 aromatic heterocycles. The number of fused-ring (bicyclic) bond motifs is 2. The first-order valence-electron chi connectivity index (χ1n) is 17.9. The van der Waals surface area contributed by atoms with Crippen LogP contribution >= 0.6 is 0 Å². The summed E-state index contributed by atoms with van der Waals surface area (Å²) in [4.78, 5) is 56.4. The van der Waals surface area contributed by atoms with Gasteiger partial charge in [0, 0.05) is 70.0 Å². The van der Waals surface area contributed by atoms with E-state index in [4.69, 9.17) is 4.74 Å². The third-order valence-corrected chi connectivity index (χ3v) is 11.2. The maximum absolute atomic E-state index is 14.1. The molecule has 4 amide bonds. The number of hydrogen-bond donors (Lipinski definition) is 3. The molecule has 0 spiro atoms. The van der Waals surface area contributed by atoms with Crippen LogP contribution in [-0.4, -0.2) is 122 Å². The molecule has 0 aliphatic carbocycles.